The van der Waals surface area contributed by atoms with Crippen molar-refractivity contribution in [2.24, 2.45) is 5.92 Å². The van der Waals surface area contributed by atoms with Crippen LogP contribution in [0.3, 0.4) is 0 Å². The molecule has 0 amide bonds. The van der Waals surface area contributed by atoms with Crippen molar-refractivity contribution in [3.8, 4) is 0 Å². The summed E-state index contributed by atoms with van der Waals surface area (Å²) in [5.41, 5.74) is 0.369. The summed E-state index contributed by atoms with van der Waals surface area (Å²) in [7, 11) is 0. The molecule has 1 fully saturated rings. The first kappa shape index (κ1) is 13.5. The Kier molecular flexibility index (Phi) is 4.70. The van der Waals surface area contributed by atoms with Crippen LogP contribution in [0.2, 0.25) is 0 Å². The Labute approximate surface area is 113 Å². The molecule has 1 aliphatic carbocycles. The van der Waals surface area contributed by atoms with Gasteiger partial charge in [0.05, 0.1) is 5.56 Å². The molecule has 0 saturated heterocycles. The zero-order valence-corrected chi connectivity index (χ0v) is 11.6. The quantitative estimate of drug-likeness (QED) is 0.873. The van der Waals surface area contributed by atoms with Crippen molar-refractivity contribution >= 4 is 17.7 Å². The maximum absolute atomic E-state index is 10.8. The molecular formula is C15H20O2S. The van der Waals surface area contributed by atoms with Crippen molar-refractivity contribution in [1.82, 2.24) is 0 Å². The Balaban J connectivity index is 1.88. The van der Waals surface area contributed by atoms with Gasteiger partial charge in [-0.25, -0.2) is 4.79 Å². The molecule has 0 aromatic heterocycles. The lowest BCUT2D eigenvalue weighted by molar-refractivity contribution is 0.0697. The van der Waals surface area contributed by atoms with Crippen LogP contribution in [0.1, 0.15) is 49.4 Å². The molecule has 1 aromatic rings. The number of thioether (sulfide) groups is 1. The van der Waals surface area contributed by atoms with Gasteiger partial charge in [-0.3, -0.25) is 0 Å². The van der Waals surface area contributed by atoms with E-state index in [0.29, 0.717) is 10.8 Å². The lowest BCUT2D eigenvalue weighted by atomic mass is 9.87. The van der Waals surface area contributed by atoms with Gasteiger partial charge in [-0.2, -0.15) is 0 Å². The van der Waals surface area contributed by atoms with Crippen LogP contribution >= 0.6 is 11.8 Å². The second kappa shape index (κ2) is 6.28. The maximum atomic E-state index is 10.8. The minimum atomic E-state index is -0.852. The third-order valence-electron chi connectivity index (χ3n) is 3.78. The number of carboxylic acid groups (broad SMARTS) is 1. The molecule has 0 atom stereocenters. The van der Waals surface area contributed by atoms with Crippen molar-refractivity contribution in [1.29, 1.82) is 0 Å². The molecule has 0 bridgehead atoms. The minimum absolute atomic E-state index is 0.369. The van der Waals surface area contributed by atoms with Gasteiger partial charge < -0.3 is 5.11 Å². The summed E-state index contributed by atoms with van der Waals surface area (Å²) in [5, 5.41) is 9.56. The highest BCUT2D eigenvalue weighted by Gasteiger charge is 2.20. The van der Waals surface area contributed by atoms with Gasteiger partial charge in [0.1, 0.15) is 0 Å². The normalized spacial score (nSPS) is 23.8. The number of hydrogen-bond donors (Lipinski definition) is 1. The molecular weight excluding hydrogens is 244 g/mol. The summed E-state index contributed by atoms with van der Waals surface area (Å²) in [5.74, 6) is 0.0752. The molecule has 0 radical (unpaired) electrons. The Bertz CT molecular complexity index is 391. The SMILES string of the molecule is CCC1CCC(Sc2ccc(C(=O)O)cc2)CC1. The fourth-order valence-electron chi connectivity index (χ4n) is 2.53. The molecule has 1 aromatic carbocycles. The number of carboxylic acids is 1. The zero-order chi connectivity index (χ0) is 13.0. The van der Waals surface area contributed by atoms with E-state index in [9.17, 15) is 4.79 Å². The minimum Gasteiger partial charge on any atom is -0.478 e. The van der Waals surface area contributed by atoms with Crippen molar-refractivity contribution < 1.29 is 9.90 Å². The number of benzene rings is 1. The van der Waals surface area contributed by atoms with Crippen molar-refractivity contribution in [2.75, 3.05) is 0 Å². The van der Waals surface area contributed by atoms with Crippen molar-refractivity contribution in [2.45, 2.75) is 49.2 Å². The predicted octanol–water partition coefficient (Wildman–Crippen LogP) is 4.45. The first-order valence-corrected chi connectivity index (χ1v) is 7.57. The fourth-order valence-corrected chi connectivity index (χ4v) is 3.71. The Hall–Kier alpha value is -0.960. The van der Waals surface area contributed by atoms with E-state index in [1.807, 2.05) is 23.9 Å². The lowest BCUT2D eigenvalue weighted by Crippen LogP contribution is -2.15. The molecule has 3 heteroatoms. The van der Waals surface area contributed by atoms with Crippen LogP contribution in [0.4, 0.5) is 0 Å². The van der Waals surface area contributed by atoms with E-state index in [1.165, 1.54) is 37.0 Å². The summed E-state index contributed by atoms with van der Waals surface area (Å²) in [6.07, 6.45) is 6.60. The highest BCUT2D eigenvalue weighted by Crippen LogP contribution is 2.36. The first-order valence-electron chi connectivity index (χ1n) is 6.69. The number of rotatable bonds is 4. The molecule has 0 unspecified atom stereocenters. The summed E-state index contributed by atoms with van der Waals surface area (Å²) < 4.78 is 0. The van der Waals surface area contributed by atoms with Gasteiger partial charge in [-0.15, -0.1) is 11.8 Å². The average Bonchev–Trinajstić information content (AvgIpc) is 2.40. The number of carbonyl (C=O) groups is 1. The van der Waals surface area contributed by atoms with Crippen molar-refractivity contribution in [3.63, 3.8) is 0 Å². The molecule has 2 nitrogen and oxygen atoms in total. The van der Waals surface area contributed by atoms with Crippen LogP contribution in [0.25, 0.3) is 0 Å². The lowest BCUT2D eigenvalue weighted by Gasteiger charge is -2.27. The van der Waals surface area contributed by atoms with E-state index in [1.54, 1.807) is 12.1 Å². The maximum Gasteiger partial charge on any atom is 0.335 e. The third-order valence-corrected chi connectivity index (χ3v) is 5.12. The molecule has 0 aliphatic heterocycles. The van der Waals surface area contributed by atoms with Gasteiger partial charge >= 0.3 is 5.97 Å². The first-order chi connectivity index (χ1) is 8.69. The van der Waals surface area contributed by atoms with Gasteiger partial charge in [-0.1, -0.05) is 13.3 Å². The second-order valence-corrected chi connectivity index (χ2v) is 6.37. The molecule has 0 heterocycles. The zero-order valence-electron chi connectivity index (χ0n) is 10.8. The Morgan fingerprint density at radius 3 is 2.33 bits per heavy atom. The molecule has 98 valence electrons. The smallest absolute Gasteiger partial charge is 0.335 e. The van der Waals surface area contributed by atoms with Crippen LogP contribution in [-0.2, 0) is 0 Å². The van der Waals surface area contributed by atoms with Crippen LogP contribution in [0, 0.1) is 5.92 Å². The van der Waals surface area contributed by atoms with E-state index in [0.717, 1.165) is 5.92 Å². The van der Waals surface area contributed by atoms with Gasteiger partial charge in [-0.05, 0) is 55.9 Å². The highest BCUT2D eigenvalue weighted by molar-refractivity contribution is 8.00. The summed E-state index contributed by atoms with van der Waals surface area (Å²) in [4.78, 5) is 12.0. The van der Waals surface area contributed by atoms with Crippen LogP contribution in [0.15, 0.2) is 29.2 Å². The van der Waals surface area contributed by atoms with E-state index < -0.39 is 5.97 Å². The van der Waals surface area contributed by atoms with E-state index in [-0.39, 0.29) is 0 Å². The third kappa shape index (κ3) is 3.52. The Morgan fingerprint density at radius 2 is 1.83 bits per heavy atom. The van der Waals surface area contributed by atoms with Crippen LogP contribution in [0.5, 0.6) is 0 Å². The molecule has 0 spiro atoms. The molecule has 1 aliphatic rings. The summed E-state index contributed by atoms with van der Waals surface area (Å²) in [6, 6.07) is 7.25. The predicted molar refractivity (Wildman–Crippen MR) is 75.3 cm³/mol. The molecule has 18 heavy (non-hydrogen) atoms. The molecule has 1 N–H and O–H groups in total. The molecule has 1 saturated carbocycles. The standard InChI is InChI=1S/C15H20O2S/c1-2-11-3-7-13(8-4-11)18-14-9-5-12(6-10-14)15(16)17/h5-6,9-11,13H,2-4,7-8H2,1H3,(H,16,17). The Morgan fingerprint density at radius 1 is 1.22 bits per heavy atom. The van der Waals surface area contributed by atoms with Gasteiger partial charge in [0.25, 0.3) is 0 Å². The van der Waals surface area contributed by atoms with Gasteiger partial charge in [0.15, 0.2) is 0 Å². The summed E-state index contributed by atoms with van der Waals surface area (Å²) >= 11 is 1.90. The van der Waals surface area contributed by atoms with E-state index in [4.69, 9.17) is 5.11 Å². The monoisotopic (exact) mass is 264 g/mol. The highest BCUT2D eigenvalue weighted by atomic mass is 32.2. The largest absolute Gasteiger partial charge is 0.478 e. The number of hydrogen-bond acceptors (Lipinski definition) is 2. The van der Waals surface area contributed by atoms with Gasteiger partial charge in [0.2, 0.25) is 0 Å². The fraction of sp³-hybridized carbons (Fsp3) is 0.533. The van der Waals surface area contributed by atoms with Crippen LogP contribution in [-0.4, -0.2) is 16.3 Å². The van der Waals surface area contributed by atoms with E-state index in [2.05, 4.69) is 6.92 Å². The topological polar surface area (TPSA) is 37.3 Å². The van der Waals surface area contributed by atoms with Crippen LogP contribution < -0.4 is 0 Å². The van der Waals surface area contributed by atoms with Gasteiger partial charge in [0, 0.05) is 10.1 Å². The summed E-state index contributed by atoms with van der Waals surface area (Å²) in [6.45, 7) is 2.28. The van der Waals surface area contributed by atoms with Crippen molar-refractivity contribution in [3.05, 3.63) is 29.8 Å². The number of aromatic carboxylic acids is 1. The molecule has 2 rings (SSSR count). The average molecular weight is 264 g/mol. The second-order valence-electron chi connectivity index (χ2n) is 5.00. The van der Waals surface area contributed by atoms with E-state index >= 15 is 0 Å².